The van der Waals surface area contributed by atoms with Crippen LogP contribution in [0.4, 0.5) is 5.69 Å². The molecule has 5 nitrogen and oxygen atoms in total. The van der Waals surface area contributed by atoms with E-state index in [4.69, 9.17) is 16.0 Å². The van der Waals surface area contributed by atoms with Gasteiger partial charge in [0.05, 0.1) is 5.56 Å². The van der Waals surface area contributed by atoms with E-state index in [9.17, 15) is 0 Å². The number of hydrogen-bond donors (Lipinski definition) is 3. The van der Waals surface area contributed by atoms with E-state index in [0.29, 0.717) is 6.42 Å². The molecule has 6 heteroatoms. The summed E-state index contributed by atoms with van der Waals surface area (Å²) in [7, 11) is 0. The Hall–Kier alpha value is -1.40. The molecule has 0 spiro atoms. The summed E-state index contributed by atoms with van der Waals surface area (Å²) in [6.45, 7) is 5.03. The van der Waals surface area contributed by atoms with E-state index >= 15 is 0 Å². The Kier molecular flexibility index (Phi) is 6.67. The Labute approximate surface area is 124 Å². The lowest BCUT2D eigenvalue weighted by atomic mass is 10.1. The van der Waals surface area contributed by atoms with Gasteiger partial charge in [-0.1, -0.05) is 11.2 Å². The van der Waals surface area contributed by atoms with Gasteiger partial charge in [-0.2, -0.15) is 0 Å². The van der Waals surface area contributed by atoms with E-state index in [-0.39, 0.29) is 18.5 Å². The van der Waals surface area contributed by atoms with E-state index in [1.807, 2.05) is 24.5 Å². The van der Waals surface area contributed by atoms with Crippen LogP contribution in [0.5, 0.6) is 0 Å². The number of amidine groups is 1. The van der Waals surface area contributed by atoms with Gasteiger partial charge in [-0.15, -0.1) is 11.8 Å². The van der Waals surface area contributed by atoms with Crippen molar-refractivity contribution in [3.8, 4) is 0 Å². The summed E-state index contributed by atoms with van der Waals surface area (Å²) in [6.07, 6.45) is 2.64. The number of rotatable bonds is 7. The molecule has 20 heavy (non-hydrogen) atoms. The highest BCUT2D eigenvalue weighted by molar-refractivity contribution is 7.98. The molecule has 0 heterocycles. The van der Waals surface area contributed by atoms with Crippen molar-refractivity contribution >= 4 is 23.3 Å². The molecule has 0 saturated carbocycles. The molecule has 112 valence electrons. The summed E-state index contributed by atoms with van der Waals surface area (Å²) < 4.78 is 0. The number of thioether (sulfide) groups is 1. The standard InChI is InChI=1S/C14H23N3O2S/c1-10(2)17(8-5-9-18)11-6-4-7-12(20-3)13(11)14(15)16-19/h4,6-7,10,18-19H,5,8-9H2,1-3H3,(H2,15,16). The molecular weight excluding hydrogens is 274 g/mol. The first-order chi connectivity index (χ1) is 9.56. The minimum absolute atomic E-state index is 0.111. The van der Waals surface area contributed by atoms with Gasteiger partial charge in [0.1, 0.15) is 0 Å². The highest BCUT2D eigenvalue weighted by atomic mass is 32.2. The van der Waals surface area contributed by atoms with Gasteiger partial charge in [-0.25, -0.2) is 0 Å². The van der Waals surface area contributed by atoms with Crippen LogP contribution in [0.1, 0.15) is 25.8 Å². The van der Waals surface area contributed by atoms with Crippen LogP contribution < -0.4 is 10.6 Å². The molecule has 0 atom stereocenters. The van der Waals surface area contributed by atoms with Crippen LogP contribution in [0.3, 0.4) is 0 Å². The Bertz CT molecular complexity index is 464. The van der Waals surface area contributed by atoms with Gasteiger partial charge in [0.15, 0.2) is 5.84 Å². The molecule has 1 aromatic rings. The highest BCUT2D eigenvalue weighted by Gasteiger charge is 2.19. The number of anilines is 1. The topological polar surface area (TPSA) is 82.1 Å². The van der Waals surface area contributed by atoms with Crippen molar-refractivity contribution in [1.82, 2.24) is 0 Å². The van der Waals surface area contributed by atoms with Crippen LogP contribution in [0.15, 0.2) is 28.3 Å². The molecule has 1 rings (SSSR count). The first-order valence-electron chi connectivity index (χ1n) is 6.59. The Morgan fingerprint density at radius 3 is 2.65 bits per heavy atom. The van der Waals surface area contributed by atoms with Crippen LogP contribution in [0, 0.1) is 0 Å². The van der Waals surface area contributed by atoms with Crippen molar-refractivity contribution in [3.05, 3.63) is 23.8 Å². The molecular formula is C14H23N3O2S. The molecule has 0 aliphatic rings. The number of oxime groups is 1. The van der Waals surface area contributed by atoms with Crippen LogP contribution >= 0.6 is 11.8 Å². The van der Waals surface area contributed by atoms with Crippen molar-refractivity contribution in [1.29, 1.82) is 0 Å². The van der Waals surface area contributed by atoms with Gasteiger partial charge < -0.3 is 20.9 Å². The van der Waals surface area contributed by atoms with Crippen LogP contribution in [-0.2, 0) is 0 Å². The minimum Gasteiger partial charge on any atom is -0.409 e. The maximum Gasteiger partial charge on any atom is 0.173 e. The number of hydrogen-bond acceptors (Lipinski definition) is 5. The van der Waals surface area contributed by atoms with Crippen molar-refractivity contribution in [2.75, 3.05) is 24.3 Å². The second-order valence-electron chi connectivity index (χ2n) is 4.70. The second kappa shape index (κ2) is 8.01. The summed E-state index contributed by atoms with van der Waals surface area (Å²) in [5, 5.41) is 21.2. The predicted octanol–water partition coefficient (Wildman–Crippen LogP) is 2.10. The van der Waals surface area contributed by atoms with Gasteiger partial charge in [0.25, 0.3) is 0 Å². The third-order valence-electron chi connectivity index (χ3n) is 3.08. The maximum absolute atomic E-state index is 9.05. The van der Waals surface area contributed by atoms with Crippen LogP contribution in [0.25, 0.3) is 0 Å². The van der Waals surface area contributed by atoms with Gasteiger partial charge in [-0.3, -0.25) is 0 Å². The van der Waals surface area contributed by atoms with Gasteiger partial charge >= 0.3 is 0 Å². The lowest BCUT2D eigenvalue weighted by molar-refractivity contribution is 0.288. The summed E-state index contributed by atoms with van der Waals surface area (Å²) in [4.78, 5) is 3.12. The van der Waals surface area contributed by atoms with Gasteiger partial charge in [0.2, 0.25) is 0 Å². The van der Waals surface area contributed by atoms with Crippen molar-refractivity contribution in [2.45, 2.75) is 31.2 Å². The second-order valence-corrected chi connectivity index (χ2v) is 5.55. The largest absolute Gasteiger partial charge is 0.409 e. The number of aliphatic hydroxyl groups excluding tert-OH is 1. The Balaban J connectivity index is 3.33. The molecule has 0 aliphatic heterocycles. The highest BCUT2D eigenvalue weighted by Crippen LogP contribution is 2.30. The zero-order chi connectivity index (χ0) is 15.1. The lowest BCUT2D eigenvalue weighted by Crippen LogP contribution is -2.34. The molecule has 0 saturated heterocycles. The predicted molar refractivity (Wildman–Crippen MR) is 84.9 cm³/mol. The Morgan fingerprint density at radius 1 is 1.45 bits per heavy atom. The fourth-order valence-corrected chi connectivity index (χ4v) is 2.76. The number of nitrogens with zero attached hydrogens (tertiary/aromatic N) is 2. The fraction of sp³-hybridized carbons (Fsp3) is 0.500. The van der Waals surface area contributed by atoms with Crippen LogP contribution in [-0.4, -0.2) is 41.6 Å². The Morgan fingerprint density at radius 2 is 2.15 bits per heavy atom. The monoisotopic (exact) mass is 297 g/mol. The summed E-state index contributed by atoms with van der Waals surface area (Å²) in [6, 6.07) is 6.13. The van der Waals surface area contributed by atoms with E-state index in [1.165, 1.54) is 0 Å². The summed E-state index contributed by atoms with van der Waals surface area (Å²) >= 11 is 1.56. The third-order valence-corrected chi connectivity index (χ3v) is 3.86. The lowest BCUT2D eigenvalue weighted by Gasteiger charge is -2.31. The van der Waals surface area contributed by atoms with E-state index in [2.05, 4.69) is 23.9 Å². The number of aliphatic hydroxyl groups is 1. The van der Waals surface area contributed by atoms with Crippen molar-refractivity contribution in [3.63, 3.8) is 0 Å². The SMILES string of the molecule is CSc1cccc(N(CCCO)C(C)C)c1/C(N)=N/O. The van der Waals surface area contributed by atoms with Crippen molar-refractivity contribution < 1.29 is 10.3 Å². The fourth-order valence-electron chi connectivity index (χ4n) is 2.13. The zero-order valence-electron chi connectivity index (χ0n) is 12.2. The summed E-state index contributed by atoms with van der Waals surface area (Å²) in [5.74, 6) is 0.111. The molecule has 0 aromatic heterocycles. The molecule has 0 amide bonds. The first-order valence-corrected chi connectivity index (χ1v) is 7.81. The molecule has 0 radical (unpaired) electrons. The average Bonchev–Trinajstić information content (AvgIpc) is 2.46. The zero-order valence-corrected chi connectivity index (χ0v) is 13.0. The van der Waals surface area contributed by atoms with Crippen molar-refractivity contribution in [2.24, 2.45) is 10.9 Å². The van der Waals surface area contributed by atoms with E-state index < -0.39 is 0 Å². The normalized spacial score (nSPS) is 11.9. The molecule has 0 bridgehead atoms. The molecule has 0 unspecified atom stereocenters. The maximum atomic E-state index is 9.05. The number of benzene rings is 1. The smallest absolute Gasteiger partial charge is 0.173 e. The van der Waals surface area contributed by atoms with E-state index in [0.717, 1.165) is 22.7 Å². The third kappa shape index (κ3) is 3.80. The first kappa shape index (κ1) is 16.7. The molecule has 0 aliphatic carbocycles. The molecule has 0 fully saturated rings. The molecule has 1 aromatic carbocycles. The minimum atomic E-state index is 0.111. The number of nitrogens with two attached hydrogens (primary N) is 1. The average molecular weight is 297 g/mol. The van der Waals surface area contributed by atoms with Gasteiger partial charge in [0, 0.05) is 29.8 Å². The quantitative estimate of drug-likeness (QED) is 0.236. The summed E-state index contributed by atoms with van der Waals surface area (Å²) in [5.41, 5.74) is 7.52. The molecule has 4 N–H and O–H groups in total. The van der Waals surface area contributed by atoms with E-state index in [1.54, 1.807) is 11.8 Å². The van der Waals surface area contributed by atoms with Gasteiger partial charge in [-0.05, 0) is 38.7 Å². The van der Waals surface area contributed by atoms with Crippen LogP contribution in [0.2, 0.25) is 0 Å².